The minimum absolute atomic E-state index is 0.123. The number of nitrogens with zero attached hydrogens (tertiary/aromatic N) is 4. The Morgan fingerprint density at radius 2 is 1.69 bits per heavy atom. The standard InChI is InChI=1S/C23H34N4OS/c1-15-9-8-10-16(2)27(15)21(28)17(3)29-22-25-24-20(26(22)7)18-11-13-19(14-12-18)23(4,5)6/h11-17H,8-10H2,1-7H3/t15-,16-,17+/m0/s1. The van der Waals surface area contributed by atoms with Crippen LogP contribution in [0, 0.1) is 0 Å². The number of carbonyl (C=O) groups excluding carboxylic acids is 1. The molecule has 0 unspecified atom stereocenters. The Kier molecular flexibility index (Phi) is 6.42. The molecule has 29 heavy (non-hydrogen) atoms. The molecule has 0 spiro atoms. The number of hydrogen-bond donors (Lipinski definition) is 0. The number of hydrogen-bond acceptors (Lipinski definition) is 4. The highest BCUT2D eigenvalue weighted by atomic mass is 32.2. The lowest BCUT2D eigenvalue weighted by Gasteiger charge is -2.40. The predicted octanol–water partition coefficient (Wildman–Crippen LogP) is 5.05. The summed E-state index contributed by atoms with van der Waals surface area (Å²) >= 11 is 1.50. The molecular weight excluding hydrogens is 380 g/mol. The smallest absolute Gasteiger partial charge is 0.236 e. The van der Waals surface area contributed by atoms with Gasteiger partial charge in [0.05, 0.1) is 5.25 Å². The summed E-state index contributed by atoms with van der Waals surface area (Å²) in [6.07, 6.45) is 3.38. The highest BCUT2D eigenvalue weighted by molar-refractivity contribution is 8.00. The van der Waals surface area contributed by atoms with Gasteiger partial charge in [-0.3, -0.25) is 4.79 Å². The predicted molar refractivity (Wildman–Crippen MR) is 120 cm³/mol. The molecule has 3 atom stereocenters. The van der Waals surface area contributed by atoms with Gasteiger partial charge in [0.25, 0.3) is 0 Å². The minimum atomic E-state index is -0.183. The van der Waals surface area contributed by atoms with Crippen LogP contribution in [0.2, 0.25) is 0 Å². The zero-order valence-corrected chi connectivity index (χ0v) is 19.6. The zero-order chi connectivity index (χ0) is 21.3. The van der Waals surface area contributed by atoms with Crippen LogP contribution in [0.15, 0.2) is 29.4 Å². The Labute approximate surface area is 179 Å². The van der Waals surface area contributed by atoms with Crippen LogP contribution in [-0.2, 0) is 17.3 Å². The molecule has 3 rings (SSSR count). The fourth-order valence-electron chi connectivity index (χ4n) is 4.06. The van der Waals surface area contributed by atoms with Gasteiger partial charge in [-0.05, 0) is 51.0 Å². The van der Waals surface area contributed by atoms with Crippen LogP contribution in [-0.4, -0.2) is 42.9 Å². The number of benzene rings is 1. The van der Waals surface area contributed by atoms with Gasteiger partial charge < -0.3 is 9.47 Å². The maximum Gasteiger partial charge on any atom is 0.236 e. The largest absolute Gasteiger partial charge is 0.336 e. The normalized spacial score (nSPS) is 21.3. The van der Waals surface area contributed by atoms with E-state index in [4.69, 9.17) is 0 Å². The summed E-state index contributed by atoms with van der Waals surface area (Å²) in [6, 6.07) is 9.14. The van der Waals surface area contributed by atoms with E-state index in [0.29, 0.717) is 12.1 Å². The molecule has 2 aromatic rings. The topological polar surface area (TPSA) is 51.0 Å². The Morgan fingerprint density at radius 3 is 2.24 bits per heavy atom. The van der Waals surface area contributed by atoms with E-state index in [9.17, 15) is 4.79 Å². The van der Waals surface area contributed by atoms with E-state index < -0.39 is 0 Å². The number of likely N-dealkylation sites (tertiary alicyclic amines) is 1. The summed E-state index contributed by atoms with van der Waals surface area (Å²) in [6.45, 7) is 12.9. The lowest BCUT2D eigenvalue weighted by molar-refractivity contribution is -0.136. The van der Waals surface area contributed by atoms with Crippen LogP contribution in [0.25, 0.3) is 11.4 Å². The van der Waals surface area contributed by atoms with Crippen LogP contribution in [0.1, 0.15) is 66.4 Å². The first-order valence-corrected chi connectivity index (χ1v) is 11.5. The van der Waals surface area contributed by atoms with Crippen molar-refractivity contribution in [2.45, 2.75) is 88.7 Å². The number of rotatable bonds is 4. The molecule has 1 aliphatic rings. The van der Waals surface area contributed by atoms with Crippen molar-refractivity contribution in [3.05, 3.63) is 29.8 Å². The summed E-state index contributed by atoms with van der Waals surface area (Å²) in [5.74, 6) is 1.03. The van der Waals surface area contributed by atoms with E-state index in [0.717, 1.165) is 29.4 Å². The van der Waals surface area contributed by atoms with Gasteiger partial charge in [0.1, 0.15) is 0 Å². The maximum absolute atomic E-state index is 13.1. The fourth-order valence-corrected chi connectivity index (χ4v) is 4.93. The average molecular weight is 415 g/mol. The molecule has 5 nitrogen and oxygen atoms in total. The number of thioether (sulfide) groups is 1. The summed E-state index contributed by atoms with van der Waals surface area (Å²) in [7, 11) is 1.97. The number of aromatic nitrogens is 3. The molecule has 0 aliphatic carbocycles. The third kappa shape index (κ3) is 4.68. The second kappa shape index (κ2) is 8.50. The molecule has 1 fully saturated rings. The van der Waals surface area contributed by atoms with Crippen LogP contribution in [0.3, 0.4) is 0 Å². The summed E-state index contributed by atoms with van der Waals surface area (Å²) in [5, 5.41) is 9.37. The second-order valence-corrected chi connectivity index (χ2v) is 10.6. The zero-order valence-electron chi connectivity index (χ0n) is 18.8. The van der Waals surface area contributed by atoms with Crippen molar-refractivity contribution in [3.63, 3.8) is 0 Å². The van der Waals surface area contributed by atoms with E-state index in [1.165, 1.54) is 23.7 Å². The fraction of sp³-hybridized carbons (Fsp3) is 0.609. The van der Waals surface area contributed by atoms with E-state index in [-0.39, 0.29) is 16.6 Å². The Morgan fingerprint density at radius 1 is 1.10 bits per heavy atom. The molecule has 1 saturated heterocycles. The molecular formula is C23H34N4OS. The van der Waals surface area contributed by atoms with Crippen molar-refractivity contribution in [2.24, 2.45) is 7.05 Å². The van der Waals surface area contributed by atoms with Crippen molar-refractivity contribution < 1.29 is 4.79 Å². The van der Waals surface area contributed by atoms with Crippen LogP contribution >= 0.6 is 11.8 Å². The molecule has 6 heteroatoms. The summed E-state index contributed by atoms with van der Waals surface area (Å²) in [4.78, 5) is 15.2. The van der Waals surface area contributed by atoms with Crippen LogP contribution in [0.4, 0.5) is 0 Å². The Balaban J connectivity index is 1.74. The van der Waals surface area contributed by atoms with Crippen LogP contribution < -0.4 is 0 Å². The van der Waals surface area contributed by atoms with Gasteiger partial charge in [-0.1, -0.05) is 56.8 Å². The van der Waals surface area contributed by atoms with Gasteiger partial charge in [-0.2, -0.15) is 0 Å². The Hall–Kier alpha value is -1.82. The molecule has 1 aromatic heterocycles. The minimum Gasteiger partial charge on any atom is -0.336 e. The summed E-state index contributed by atoms with van der Waals surface area (Å²) < 4.78 is 1.99. The van der Waals surface area contributed by atoms with Gasteiger partial charge in [0.15, 0.2) is 11.0 Å². The van der Waals surface area contributed by atoms with Crippen LogP contribution in [0.5, 0.6) is 0 Å². The van der Waals surface area contributed by atoms with E-state index in [1.807, 2.05) is 18.5 Å². The first-order chi connectivity index (χ1) is 13.6. The first kappa shape index (κ1) is 21.9. The lowest BCUT2D eigenvalue weighted by atomic mass is 9.87. The third-order valence-electron chi connectivity index (χ3n) is 5.92. The van der Waals surface area contributed by atoms with Crippen molar-refractivity contribution in [3.8, 4) is 11.4 Å². The quantitative estimate of drug-likeness (QED) is 0.657. The monoisotopic (exact) mass is 414 g/mol. The van der Waals surface area contributed by atoms with Crippen molar-refractivity contribution in [1.29, 1.82) is 0 Å². The van der Waals surface area contributed by atoms with Crippen molar-refractivity contribution in [1.82, 2.24) is 19.7 Å². The van der Waals surface area contributed by atoms with E-state index in [2.05, 4.69) is 74.0 Å². The van der Waals surface area contributed by atoms with Gasteiger partial charge in [0, 0.05) is 24.7 Å². The first-order valence-electron chi connectivity index (χ1n) is 10.6. The Bertz CT molecular complexity index is 843. The SMILES string of the molecule is C[C@@H](Sc1nnc(-c2ccc(C(C)(C)C)cc2)n1C)C(=O)N1[C@@H](C)CCC[C@@H]1C. The molecule has 0 saturated carbocycles. The van der Waals surface area contributed by atoms with Gasteiger partial charge in [-0.15, -0.1) is 10.2 Å². The van der Waals surface area contributed by atoms with E-state index in [1.54, 1.807) is 0 Å². The molecule has 1 aromatic carbocycles. The number of amides is 1. The molecule has 1 aliphatic heterocycles. The van der Waals surface area contributed by atoms with Crippen molar-refractivity contribution in [2.75, 3.05) is 0 Å². The van der Waals surface area contributed by atoms with E-state index >= 15 is 0 Å². The highest BCUT2D eigenvalue weighted by Gasteiger charge is 2.32. The number of piperidine rings is 1. The lowest BCUT2D eigenvalue weighted by Crippen LogP contribution is -2.50. The molecule has 1 amide bonds. The molecule has 0 bridgehead atoms. The average Bonchev–Trinajstić information content (AvgIpc) is 3.01. The van der Waals surface area contributed by atoms with Crippen molar-refractivity contribution >= 4 is 17.7 Å². The molecule has 0 radical (unpaired) electrons. The highest BCUT2D eigenvalue weighted by Crippen LogP contribution is 2.31. The van der Waals surface area contributed by atoms with Gasteiger partial charge >= 0.3 is 0 Å². The third-order valence-corrected chi connectivity index (χ3v) is 7.04. The number of carbonyl (C=O) groups is 1. The van der Waals surface area contributed by atoms with Gasteiger partial charge in [-0.25, -0.2) is 0 Å². The summed E-state index contributed by atoms with van der Waals surface area (Å²) in [5.41, 5.74) is 2.46. The van der Waals surface area contributed by atoms with Gasteiger partial charge in [0.2, 0.25) is 5.91 Å². The molecule has 0 N–H and O–H groups in total. The second-order valence-electron chi connectivity index (χ2n) is 9.33. The maximum atomic E-state index is 13.1. The molecule has 2 heterocycles. The molecule has 158 valence electrons.